The predicted octanol–water partition coefficient (Wildman–Crippen LogP) is 0.658. The molecular formula is C19H29ClN6O4. The summed E-state index contributed by atoms with van der Waals surface area (Å²) in [6.45, 7) is 3.03. The molecule has 0 unspecified atom stereocenters. The standard InChI is InChI=1S/C19H28N6O4.ClH/c1-2-29-19(28)25-8-6-14(7-9-25)24-17(27)12-23-16(26)11-22-15-5-3-4-13(10-15)18(20)21;/h3-5,10,14,22H,2,6-9,11-12H2,1H3,(H3,20,21)(H,23,26)(H,24,27);1H. The van der Waals surface area contributed by atoms with Crippen molar-refractivity contribution >= 4 is 41.8 Å². The molecule has 0 spiro atoms. The maximum Gasteiger partial charge on any atom is 0.409 e. The molecule has 0 radical (unpaired) electrons. The minimum absolute atomic E-state index is 0. The van der Waals surface area contributed by atoms with Crippen LogP contribution in [0, 0.1) is 5.41 Å². The van der Waals surface area contributed by atoms with Gasteiger partial charge in [-0.1, -0.05) is 12.1 Å². The van der Waals surface area contributed by atoms with E-state index in [4.69, 9.17) is 15.9 Å². The third-order valence-electron chi connectivity index (χ3n) is 4.46. The first-order valence-corrected chi connectivity index (χ1v) is 9.55. The van der Waals surface area contributed by atoms with Crippen molar-refractivity contribution in [3.63, 3.8) is 0 Å². The molecule has 1 aliphatic rings. The maximum absolute atomic E-state index is 12.0. The number of halogens is 1. The minimum atomic E-state index is -0.328. The number of amidine groups is 1. The van der Waals surface area contributed by atoms with E-state index in [2.05, 4.69) is 16.0 Å². The van der Waals surface area contributed by atoms with Crippen LogP contribution in [0.5, 0.6) is 0 Å². The van der Waals surface area contributed by atoms with Crippen LogP contribution in [0.3, 0.4) is 0 Å². The number of ether oxygens (including phenoxy) is 1. The Kier molecular flexibility index (Phi) is 10.5. The third kappa shape index (κ3) is 8.16. The van der Waals surface area contributed by atoms with Gasteiger partial charge in [-0.3, -0.25) is 15.0 Å². The normalized spacial score (nSPS) is 13.6. The fraction of sp³-hybridized carbons (Fsp3) is 0.474. The summed E-state index contributed by atoms with van der Waals surface area (Å²) in [6.07, 6.45) is 0.963. The lowest BCUT2D eigenvalue weighted by atomic mass is 10.1. The van der Waals surface area contributed by atoms with Crippen molar-refractivity contribution in [2.75, 3.05) is 38.1 Å². The number of nitrogens with one attached hydrogen (secondary N) is 4. The highest BCUT2D eigenvalue weighted by atomic mass is 35.5. The first-order chi connectivity index (χ1) is 13.9. The van der Waals surface area contributed by atoms with Gasteiger partial charge in [-0.05, 0) is 31.9 Å². The second-order valence-corrected chi connectivity index (χ2v) is 6.65. The van der Waals surface area contributed by atoms with Gasteiger partial charge >= 0.3 is 6.09 Å². The van der Waals surface area contributed by atoms with E-state index in [1.165, 1.54) is 0 Å². The van der Waals surface area contributed by atoms with Gasteiger partial charge in [0.2, 0.25) is 11.8 Å². The van der Waals surface area contributed by atoms with Gasteiger partial charge in [0.1, 0.15) is 5.84 Å². The van der Waals surface area contributed by atoms with Crippen LogP contribution in [0.4, 0.5) is 10.5 Å². The number of nitrogens with zero attached hydrogens (tertiary/aromatic N) is 1. The van der Waals surface area contributed by atoms with Gasteiger partial charge in [-0.2, -0.15) is 0 Å². The zero-order chi connectivity index (χ0) is 21.2. The number of carbonyl (C=O) groups excluding carboxylic acids is 3. The Bertz CT molecular complexity index is 752. The summed E-state index contributed by atoms with van der Waals surface area (Å²) in [5.74, 6) is -0.653. The highest BCUT2D eigenvalue weighted by Crippen LogP contribution is 2.11. The number of benzene rings is 1. The summed E-state index contributed by atoms with van der Waals surface area (Å²) in [5, 5.41) is 15.8. The molecule has 1 aliphatic heterocycles. The van der Waals surface area contributed by atoms with Crippen molar-refractivity contribution in [2.24, 2.45) is 5.73 Å². The molecule has 0 saturated carbocycles. The summed E-state index contributed by atoms with van der Waals surface area (Å²) in [5.41, 5.74) is 6.66. The number of likely N-dealkylation sites (tertiary alicyclic amines) is 1. The second-order valence-electron chi connectivity index (χ2n) is 6.65. The van der Waals surface area contributed by atoms with Crippen molar-refractivity contribution in [1.29, 1.82) is 5.41 Å². The summed E-state index contributed by atoms with van der Waals surface area (Å²) >= 11 is 0. The molecule has 2 rings (SSSR count). The fourth-order valence-corrected chi connectivity index (χ4v) is 2.92. The van der Waals surface area contributed by atoms with Crippen LogP contribution in [0.25, 0.3) is 0 Å². The Labute approximate surface area is 181 Å². The number of piperidine rings is 1. The molecule has 30 heavy (non-hydrogen) atoms. The first kappa shape index (κ1) is 25.0. The van der Waals surface area contributed by atoms with Crippen molar-refractivity contribution < 1.29 is 19.1 Å². The number of rotatable bonds is 8. The topological polar surface area (TPSA) is 150 Å². The van der Waals surface area contributed by atoms with Crippen LogP contribution in [-0.4, -0.2) is 67.5 Å². The third-order valence-corrected chi connectivity index (χ3v) is 4.46. The number of hydrogen-bond acceptors (Lipinski definition) is 6. The average Bonchev–Trinajstić information content (AvgIpc) is 2.71. The van der Waals surface area contributed by atoms with Crippen molar-refractivity contribution in [3.8, 4) is 0 Å². The van der Waals surface area contributed by atoms with Gasteiger partial charge in [-0.25, -0.2) is 4.79 Å². The molecule has 3 amide bonds. The molecule has 0 bridgehead atoms. The zero-order valence-electron chi connectivity index (χ0n) is 16.9. The molecule has 10 nitrogen and oxygen atoms in total. The lowest BCUT2D eigenvalue weighted by molar-refractivity contribution is -0.125. The van der Waals surface area contributed by atoms with Crippen molar-refractivity contribution in [3.05, 3.63) is 29.8 Å². The Balaban J connectivity index is 0.00000450. The molecule has 166 valence electrons. The largest absolute Gasteiger partial charge is 0.450 e. The Morgan fingerprint density at radius 1 is 1.20 bits per heavy atom. The Hall–Kier alpha value is -3.01. The predicted molar refractivity (Wildman–Crippen MR) is 116 cm³/mol. The highest BCUT2D eigenvalue weighted by molar-refractivity contribution is 5.96. The molecule has 6 N–H and O–H groups in total. The van der Waals surface area contributed by atoms with Crippen LogP contribution >= 0.6 is 12.4 Å². The first-order valence-electron chi connectivity index (χ1n) is 9.55. The molecule has 1 saturated heterocycles. The molecule has 0 atom stereocenters. The zero-order valence-corrected chi connectivity index (χ0v) is 17.7. The highest BCUT2D eigenvalue weighted by Gasteiger charge is 2.24. The molecular weight excluding hydrogens is 412 g/mol. The van der Waals surface area contributed by atoms with E-state index in [-0.39, 0.29) is 55.3 Å². The van der Waals surface area contributed by atoms with Gasteiger partial charge in [-0.15, -0.1) is 12.4 Å². The molecule has 1 heterocycles. The quantitative estimate of drug-likeness (QED) is 0.296. The summed E-state index contributed by atoms with van der Waals surface area (Å²) in [6, 6.07) is 6.84. The number of amides is 3. The van der Waals surface area contributed by atoms with E-state index >= 15 is 0 Å². The van der Waals surface area contributed by atoms with Gasteiger partial charge < -0.3 is 31.3 Å². The van der Waals surface area contributed by atoms with Crippen LogP contribution in [-0.2, 0) is 14.3 Å². The lowest BCUT2D eigenvalue weighted by Gasteiger charge is -2.31. The van der Waals surface area contributed by atoms with Gasteiger partial charge in [0, 0.05) is 30.4 Å². The molecule has 1 fully saturated rings. The van der Waals surface area contributed by atoms with Crippen LogP contribution in [0.15, 0.2) is 24.3 Å². The fourth-order valence-electron chi connectivity index (χ4n) is 2.92. The lowest BCUT2D eigenvalue weighted by Crippen LogP contribution is -2.49. The average molecular weight is 441 g/mol. The van der Waals surface area contributed by atoms with Crippen LogP contribution < -0.4 is 21.7 Å². The van der Waals surface area contributed by atoms with E-state index in [1.807, 2.05) is 0 Å². The SMILES string of the molecule is CCOC(=O)N1CCC(NC(=O)CNC(=O)CNc2cccc(C(=N)N)c2)CC1.Cl. The van der Waals surface area contributed by atoms with Crippen molar-refractivity contribution in [2.45, 2.75) is 25.8 Å². The number of hydrogen-bond donors (Lipinski definition) is 5. The number of nitrogens with two attached hydrogens (primary N) is 1. The molecule has 0 aliphatic carbocycles. The number of carbonyl (C=O) groups is 3. The molecule has 0 aromatic heterocycles. The summed E-state index contributed by atoms with van der Waals surface area (Å²) in [7, 11) is 0. The summed E-state index contributed by atoms with van der Waals surface area (Å²) < 4.78 is 4.97. The van der Waals surface area contributed by atoms with Crippen LogP contribution in [0.1, 0.15) is 25.3 Å². The van der Waals surface area contributed by atoms with Gasteiger partial charge in [0.15, 0.2) is 0 Å². The van der Waals surface area contributed by atoms with E-state index < -0.39 is 0 Å². The second kappa shape index (κ2) is 12.5. The Morgan fingerprint density at radius 3 is 2.53 bits per heavy atom. The maximum atomic E-state index is 12.0. The van der Waals surface area contributed by atoms with Gasteiger partial charge in [0.25, 0.3) is 0 Å². The van der Waals surface area contributed by atoms with E-state index in [1.54, 1.807) is 36.1 Å². The van der Waals surface area contributed by atoms with Crippen LogP contribution in [0.2, 0.25) is 0 Å². The molecule has 1 aromatic carbocycles. The minimum Gasteiger partial charge on any atom is -0.450 e. The van der Waals surface area contributed by atoms with E-state index in [0.29, 0.717) is 43.8 Å². The number of anilines is 1. The monoisotopic (exact) mass is 440 g/mol. The Morgan fingerprint density at radius 2 is 1.90 bits per heavy atom. The smallest absolute Gasteiger partial charge is 0.409 e. The van der Waals surface area contributed by atoms with E-state index in [0.717, 1.165) is 0 Å². The van der Waals surface area contributed by atoms with Crippen molar-refractivity contribution in [1.82, 2.24) is 15.5 Å². The van der Waals surface area contributed by atoms with E-state index in [9.17, 15) is 14.4 Å². The van der Waals surface area contributed by atoms with Gasteiger partial charge in [0.05, 0.1) is 19.7 Å². The molecule has 11 heteroatoms. The molecule has 1 aromatic rings. The number of nitrogen functional groups attached to an aromatic ring is 1. The summed E-state index contributed by atoms with van der Waals surface area (Å²) in [4.78, 5) is 37.3.